The molecule has 1 aromatic heterocycles. The van der Waals surface area contributed by atoms with Crippen LogP contribution in [-0.2, 0) is 18.4 Å². The molecular weight excluding hydrogens is 713 g/mol. The molecule has 0 atom stereocenters. The quantitative estimate of drug-likeness (QED) is 0.0537. The number of nitrogens with zero attached hydrogens (tertiary/aromatic N) is 5. The summed E-state index contributed by atoms with van der Waals surface area (Å²) in [6.45, 7) is 18.2. The fourth-order valence-electron chi connectivity index (χ4n) is 8.18. The number of aryl methyl sites for hydroxylation is 1. The standard InChI is InChI=1S/C47H62N6O2S/c1-5-39-33-44(19-14-40(39)35-54)53-31-29-52(30-32-53)34-38-23-27-51(28-24-38)26-10-8-6-7-9-11-37-12-15-41(16-13-37)47(2,3)42-17-20-45(21-18-42)55-36-43-22-25-48-46(49-43)50-56-4/h5,12-22,25,33,35,38H,1,6-11,23-24,26-32,34,36H2,2-4H3,(H,48,49,50). The third kappa shape index (κ3) is 11.7. The second kappa shape index (κ2) is 20.8. The number of hydrogen-bond acceptors (Lipinski definition) is 9. The molecule has 298 valence electrons. The summed E-state index contributed by atoms with van der Waals surface area (Å²) < 4.78 is 9.08. The molecule has 3 heterocycles. The predicted molar refractivity (Wildman–Crippen MR) is 235 cm³/mol. The van der Waals surface area contributed by atoms with E-state index < -0.39 is 0 Å². The molecule has 2 fully saturated rings. The van der Waals surface area contributed by atoms with Gasteiger partial charge in [0.15, 0.2) is 6.29 Å². The van der Waals surface area contributed by atoms with Gasteiger partial charge in [0.05, 0.1) is 5.69 Å². The number of hydrogen-bond donors (Lipinski definition) is 1. The van der Waals surface area contributed by atoms with Crippen LogP contribution in [0.5, 0.6) is 5.75 Å². The van der Waals surface area contributed by atoms with E-state index in [1.165, 1.54) is 105 Å². The van der Waals surface area contributed by atoms with E-state index >= 15 is 0 Å². The Labute approximate surface area is 340 Å². The third-order valence-electron chi connectivity index (χ3n) is 11.9. The van der Waals surface area contributed by atoms with Gasteiger partial charge in [-0.25, -0.2) is 9.97 Å². The highest BCUT2D eigenvalue weighted by atomic mass is 32.2. The highest BCUT2D eigenvalue weighted by molar-refractivity contribution is 7.99. The SMILES string of the molecule is C=Cc1cc(N2CCN(CC3CCN(CCCCCCCc4ccc(C(C)(C)c5ccc(OCc6ccnc(NSC)n6)cc5)cc4)CC3)CC2)ccc1C=O. The summed E-state index contributed by atoms with van der Waals surface area (Å²) in [5.41, 5.74) is 7.61. The van der Waals surface area contributed by atoms with Crippen molar-refractivity contribution >= 4 is 35.9 Å². The molecule has 9 heteroatoms. The van der Waals surface area contributed by atoms with Gasteiger partial charge in [0, 0.05) is 61.8 Å². The van der Waals surface area contributed by atoms with Crippen molar-refractivity contribution in [3.63, 3.8) is 0 Å². The number of likely N-dealkylation sites (tertiary alicyclic amines) is 1. The number of nitrogens with one attached hydrogen (secondary N) is 1. The van der Waals surface area contributed by atoms with Gasteiger partial charge in [-0.3, -0.25) is 14.4 Å². The first kappa shape index (κ1) is 41.5. The van der Waals surface area contributed by atoms with Crippen LogP contribution in [0.25, 0.3) is 6.08 Å². The number of rotatable bonds is 20. The van der Waals surface area contributed by atoms with Gasteiger partial charge in [-0.2, -0.15) is 0 Å². The van der Waals surface area contributed by atoms with Crippen LogP contribution in [0, 0.1) is 5.92 Å². The molecule has 3 aromatic carbocycles. The van der Waals surface area contributed by atoms with E-state index in [9.17, 15) is 4.79 Å². The van der Waals surface area contributed by atoms with Crippen molar-refractivity contribution in [1.82, 2.24) is 19.8 Å². The fraction of sp³-hybridized carbons (Fsp3) is 0.468. The van der Waals surface area contributed by atoms with Crippen LogP contribution in [0.3, 0.4) is 0 Å². The summed E-state index contributed by atoms with van der Waals surface area (Å²) >= 11 is 1.47. The van der Waals surface area contributed by atoms with Gasteiger partial charge in [-0.15, -0.1) is 0 Å². The lowest BCUT2D eigenvalue weighted by molar-refractivity contribution is 0.112. The number of carbonyl (C=O) groups excluding carboxylic acids is 1. The van der Waals surface area contributed by atoms with Gasteiger partial charge < -0.3 is 14.5 Å². The number of carbonyl (C=O) groups is 1. The maximum atomic E-state index is 11.3. The van der Waals surface area contributed by atoms with Crippen LogP contribution in [0.15, 0.2) is 85.6 Å². The van der Waals surface area contributed by atoms with Crippen LogP contribution < -0.4 is 14.4 Å². The van der Waals surface area contributed by atoms with Gasteiger partial charge >= 0.3 is 0 Å². The summed E-state index contributed by atoms with van der Waals surface area (Å²) in [6.07, 6.45) is 16.8. The molecule has 0 aliphatic carbocycles. The molecule has 6 rings (SSSR count). The van der Waals surface area contributed by atoms with Crippen LogP contribution in [0.2, 0.25) is 0 Å². The molecule has 2 saturated heterocycles. The molecule has 0 radical (unpaired) electrons. The summed E-state index contributed by atoms with van der Waals surface area (Å²) in [5.74, 6) is 2.25. The molecule has 56 heavy (non-hydrogen) atoms. The Morgan fingerprint density at radius 2 is 1.54 bits per heavy atom. The summed E-state index contributed by atoms with van der Waals surface area (Å²) in [7, 11) is 0. The first-order valence-electron chi connectivity index (χ1n) is 20.7. The van der Waals surface area contributed by atoms with Crippen molar-refractivity contribution in [2.75, 3.05) is 68.2 Å². The lowest BCUT2D eigenvalue weighted by Gasteiger charge is -2.39. The van der Waals surface area contributed by atoms with Gasteiger partial charge in [-0.1, -0.05) is 94.1 Å². The molecule has 0 unspecified atom stereocenters. The molecule has 8 nitrogen and oxygen atoms in total. The zero-order valence-electron chi connectivity index (χ0n) is 33.9. The van der Waals surface area contributed by atoms with Crippen LogP contribution in [0.4, 0.5) is 11.6 Å². The molecule has 4 aromatic rings. The van der Waals surface area contributed by atoms with Gasteiger partial charge in [-0.05, 0) is 116 Å². The van der Waals surface area contributed by atoms with E-state index in [-0.39, 0.29) is 5.41 Å². The normalized spacial score (nSPS) is 15.8. The number of ether oxygens (including phenoxy) is 1. The molecular formula is C47H62N6O2S. The van der Waals surface area contributed by atoms with Crippen molar-refractivity contribution in [3.05, 3.63) is 119 Å². The lowest BCUT2D eigenvalue weighted by Crippen LogP contribution is -2.49. The molecule has 2 aliphatic heterocycles. The summed E-state index contributed by atoms with van der Waals surface area (Å²) in [6, 6.07) is 25.7. The predicted octanol–water partition coefficient (Wildman–Crippen LogP) is 9.55. The van der Waals surface area contributed by atoms with Crippen molar-refractivity contribution < 1.29 is 9.53 Å². The molecule has 0 saturated carbocycles. The number of aldehydes is 1. The maximum absolute atomic E-state index is 11.3. The molecule has 0 bridgehead atoms. The average molecular weight is 775 g/mol. The first-order valence-corrected chi connectivity index (χ1v) is 21.9. The van der Waals surface area contributed by atoms with Crippen molar-refractivity contribution in [2.45, 2.75) is 77.2 Å². The lowest BCUT2D eigenvalue weighted by atomic mass is 9.78. The summed E-state index contributed by atoms with van der Waals surface area (Å²) in [5, 5.41) is 0. The van der Waals surface area contributed by atoms with E-state index in [0.29, 0.717) is 18.1 Å². The number of piperidine rings is 1. The smallest absolute Gasteiger partial charge is 0.233 e. The van der Waals surface area contributed by atoms with Gasteiger partial charge in [0.1, 0.15) is 12.4 Å². The second-order valence-corrected chi connectivity index (χ2v) is 16.7. The molecule has 0 spiro atoms. The van der Waals surface area contributed by atoms with Crippen LogP contribution >= 0.6 is 11.9 Å². The number of aromatic nitrogens is 2. The number of unbranched alkanes of at least 4 members (excludes halogenated alkanes) is 4. The highest BCUT2D eigenvalue weighted by Crippen LogP contribution is 2.33. The molecule has 0 amide bonds. The Balaban J connectivity index is 0.814. The van der Waals surface area contributed by atoms with Gasteiger partial charge in [0.2, 0.25) is 5.95 Å². The van der Waals surface area contributed by atoms with Crippen LogP contribution in [-0.4, -0.2) is 84.7 Å². The highest BCUT2D eigenvalue weighted by Gasteiger charge is 2.25. The molecule has 1 N–H and O–H groups in total. The number of benzene rings is 3. The Bertz CT molecular complexity index is 1820. The Morgan fingerprint density at radius 1 is 0.839 bits per heavy atom. The fourth-order valence-corrected chi connectivity index (χ4v) is 8.46. The summed E-state index contributed by atoms with van der Waals surface area (Å²) in [4.78, 5) is 27.8. The van der Waals surface area contributed by atoms with Crippen molar-refractivity contribution in [3.8, 4) is 5.75 Å². The van der Waals surface area contributed by atoms with E-state index in [0.717, 1.165) is 61.8 Å². The largest absolute Gasteiger partial charge is 0.487 e. The Kier molecular flexibility index (Phi) is 15.4. The van der Waals surface area contributed by atoms with Gasteiger partial charge in [0.25, 0.3) is 0 Å². The number of anilines is 2. The van der Waals surface area contributed by atoms with E-state index in [1.807, 2.05) is 18.4 Å². The van der Waals surface area contributed by atoms with Crippen LogP contribution in [0.1, 0.15) is 97.1 Å². The zero-order valence-corrected chi connectivity index (χ0v) is 34.7. The average Bonchev–Trinajstić information content (AvgIpc) is 3.24. The Morgan fingerprint density at radius 3 is 2.23 bits per heavy atom. The van der Waals surface area contributed by atoms with Crippen molar-refractivity contribution in [2.24, 2.45) is 5.92 Å². The van der Waals surface area contributed by atoms with E-state index in [1.54, 1.807) is 12.3 Å². The van der Waals surface area contributed by atoms with Crippen molar-refractivity contribution in [1.29, 1.82) is 0 Å². The monoisotopic (exact) mass is 774 g/mol. The maximum Gasteiger partial charge on any atom is 0.233 e. The minimum atomic E-state index is -0.0990. The second-order valence-electron chi connectivity index (χ2n) is 16.0. The van der Waals surface area contributed by atoms with E-state index in [4.69, 9.17) is 4.74 Å². The van der Waals surface area contributed by atoms with E-state index in [2.05, 4.69) is 110 Å². The third-order valence-corrected chi connectivity index (χ3v) is 12.2. The first-order chi connectivity index (χ1) is 27.3. The molecule has 2 aliphatic rings. The zero-order chi connectivity index (χ0) is 39.2. The Hall–Kier alpha value is -4.18. The minimum absolute atomic E-state index is 0.0990. The topological polar surface area (TPSA) is 73.8 Å². The number of piperazine rings is 1. The minimum Gasteiger partial charge on any atom is -0.487 e.